The molecule has 0 saturated carbocycles. The van der Waals surface area contributed by atoms with E-state index < -0.39 is 0 Å². The first-order valence-electron chi connectivity index (χ1n) is 3.12. The Morgan fingerprint density at radius 3 is 2.73 bits per heavy atom. The Bertz CT molecular complexity index is 232. The number of rotatable bonds is 2. The van der Waals surface area contributed by atoms with E-state index in [0.29, 0.717) is 13.4 Å². The van der Waals surface area contributed by atoms with Gasteiger partial charge in [0.2, 0.25) is 0 Å². The normalized spacial score (nSPS) is 9.36. The van der Waals surface area contributed by atoms with Gasteiger partial charge in [0.15, 0.2) is 0 Å². The van der Waals surface area contributed by atoms with Gasteiger partial charge < -0.3 is 9.68 Å². The third kappa shape index (κ3) is 2.24. The van der Waals surface area contributed by atoms with E-state index in [4.69, 9.17) is 5.02 Å². The topological polar surface area (TPSA) is 29.5 Å². The molecule has 0 aromatic heterocycles. The Hall–Kier alpha value is -1.03. The van der Waals surface area contributed by atoms with Gasteiger partial charge in [-0.25, -0.2) is 4.39 Å². The van der Waals surface area contributed by atoms with Crippen molar-refractivity contribution in [1.29, 1.82) is 0 Å². The molecule has 1 rings (SSSR count). The highest BCUT2D eigenvalue weighted by molar-refractivity contribution is 6.17. The summed E-state index contributed by atoms with van der Waals surface area (Å²) in [5, 5.41) is 8.23. The van der Waals surface area contributed by atoms with E-state index in [0.717, 1.165) is 5.56 Å². The van der Waals surface area contributed by atoms with Crippen molar-refractivity contribution >= 4 is 7.69 Å². The van der Waals surface area contributed by atoms with Crippen molar-refractivity contribution in [2.45, 2.75) is 6.92 Å². The number of aryl methyl sites for hydroxylation is 1. The van der Waals surface area contributed by atoms with Crippen LogP contribution in [0.1, 0.15) is 5.56 Å². The molecule has 0 spiro atoms. The predicted molar refractivity (Wildman–Crippen MR) is 39.7 cm³/mol. The van der Waals surface area contributed by atoms with Crippen LogP contribution in [0.15, 0.2) is 18.2 Å². The molecule has 57 valence electrons. The van der Waals surface area contributed by atoms with Crippen molar-refractivity contribution in [3.63, 3.8) is 0 Å². The summed E-state index contributed by atoms with van der Waals surface area (Å²) in [5.74, 6) is -0.0770. The Morgan fingerprint density at radius 2 is 2.18 bits per heavy atom. The fraction of sp³-hybridized carbons (Fsp3) is 0.143. The van der Waals surface area contributed by atoms with Crippen LogP contribution in [0.25, 0.3) is 0 Å². The van der Waals surface area contributed by atoms with E-state index in [2.05, 4.69) is 4.65 Å². The summed E-state index contributed by atoms with van der Waals surface area (Å²) in [6.07, 6.45) is 0. The average molecular weight is 153 g/mol. The summed E-state index contributed by atoms with van der Waals surface area (Å²) in [7, 11) is 0.522. The molecule has 0 bridgehead atoms. The van der Waals surface area contributed by atoms with Crippen LogP contribution in [0.2, 0.25) is 0 Å². The van der Waals surface area contributed by atoms with Crippen LogP contribution in [-0.2, 0) is 0 Å². The Kier molecular flexibility index (Phi) is 2.49. The minimum Gasteiger partial charge on any atom is -0.537 e. The highest BCUT2D eigenvalue weighted by atomic mass is 19.1. The molecule has 0 aliphatic rings. The lowest BCUT2D eigenvalue weighted by Gasteiger charge is -2.01. The van der Waals surface area contributed by atoms with E-state index in [-0.39, 0.29) is 5.82 Å². The van der Waals surface area contributed by atoms with Crippen molar-refractivity contribution in [1.82, 2.24) is 0 Å². The number of halogens is 1. The molecule has 0 amide bonds. The molecule has 1 aromatic carbocycles. The van der Waals surface area contributed by atoms with Crippen LogP contribution in [0.5, 0.6) is 5.75 Å². The lowest BCUT2D eigenvalue weighted by atomic mass is 10.2. The lowest BCUT2D eigenvalue weighted by Crippen LogP contribution is -2.00. The van der Waals surface area contributed by atoms with Gasteiger partial charge in [0.05, 0.1) is 0 Å². The lowest BCUT2D eigenvalue weighted by molar-refractivity contribution is 0.451. The van der Waals surface area contributed by atoms with Gasteiger partial charge in [-0.2, -0.15) is 0 Å². The summed E-state index contributed by atoms with van der Waals surface area (Å²) < 4.78 is 17.1. The predicted octanol–water partition coefficient (Wildman–Crippen LogP) is 1.04. The van der Waals surface area contributed by atoms with Gasteiger partial charge in [-0.3, -0.25) is 0 Å². The van der Waals surface area contributed by atoms with Gasteiger partial charge in [-0.05, 0) is 24.6 Å². The molecule has 0 unspecified atom stereocenters. The molecule has 0 fully saturated rings. The van der Waals surface area contributed by atoms with Gasteiger partial charge in [0.1, 0.15) is 11.6 Å². The molecule has 1 radical (unpaired) electrons. The summed E-state index contributed by atoms with van der Waals surface area (Å²) in [6, 6.07) is 4.19. The molecule has 0 aliphatic carbocycles. The molecular formula is C7H7BFO2. The number of hydrogen-bond acceptors (Lipinski definition) is 2. The fourth-order valence-corrected chi connectivity index (χ4v) is 0.832. The third-order valence-corrected chi connectivity index (χ3v) is 1.20. The number of hydrogen-bond donors (Lipinski definition) is 1. The summed E-state index contributed by atoms with van der Waals surface area (Å²) >= 11 is 0. The van der Waals surface area contributed by atoms with E-state index in [9.17, 15) is 4.39 Å². The molecule has 0 saturated heterocycles. The van der Waals surface area contributed by atoms with E-state index in [1.54, 1.807) is 13.0 Å². The maximum atomic E-state index is 12.6. The summed E-state index contributed by atoms with van der Waals surface area (Å²) in [4.78, 5) is 0. The van der Waals surface area contributed by atoms with Gasteiger partial charge >= 0.3 is 7.69 Å². The van der Waals surface area contributed by atoms with Gasteiger partial charge in [0, 0.05) is 6.07 Å². The zero-order chi connectivity index (χ0) is 8.27. The van der Waals surface area contributed by atoms with Crippen LogP contribution < -0.4 is 4.65 Å². The minimum atomic E-state index is -0.373. The molecule has 11 heavy (non-hydrogen) atoms. The zero-order valence-electron chi connectivity index (χ0n) is 6.04. The van der Waals surface area contributed by atoms with Crippen molar-refractivity contribution in [2.75, 3.05) is 0 Å². The van der Waals surface area contributed by atoms with Gasteiger partial charge in [-0.15, -0.1) is 0 Å². The van der Waals surface area contributed by atoms with Gasteiger partial charge in [0.25, 0.3) is 0 Å². The van der Waals surface area contributed by atoms with E-state index in [1.165, 1.54) is 12.1 Å². The largest absolute Gasteiger partial charge is 0.569 e. The van der Waals surface area contributed by atoms with Crippen LogP contribution in [-0.4, -0.2) is 12.7 Å². The number of benzene rings is 1. The monoisotopic (exact) mass is 153 g/mol. The Labute approximate surface area is 64.9 Å². The van der Waals surface area contributed by atoms with Crippen LogP contribution in [0, 0.1) is 12.7 Å². The van der Waals surface area contributed by atoms with E-state index in [1.807, 2.05) is 0 Å². The molecule has 0 heterocycles. The second kappa shape index (κ2) is 3.39. The van der Waals surface area contributed by atoms with Gasteiger partial charge in [-0.1, -0.05) is 0 Å². The second-order valence-electron chi connectivity index (χ2n) is 2.19. The smallest absolute Gasteiger partial charge is 0.537 e. The average Bonchev–Trinajstić information content (AvgIpc) is 1.85. The van der Waals surface area contributed by atoms with Crippen LogP contribution in [0.3, 0.4) is 0 Å². The first-order chi connectivity index (χ1) is 5.22. The maximum Gasteiger partial charge on any atom is 0.569 e. The van der Waals surface area contributed by atoms with Crippen molar-refractivity contribution in [3.8, 4) is 5.75 Å². The molecular weight excluding hydrogens is 146 g/mol. The maximum absolute atomic E-state index is 12.6. The Morgan fingerprint density at radius 1 is 1.45 bits per heavy atom. The molecule has 1 N–H and O–H groups in total. The third-order valence-electron chi connectivity index (χ3n) is 1.20. The van der Waals surface area contributed by atoms with E-state index >= 15 is 0 Å². The van der Waals surface area contributed by atoms with Crippen molar-refractivity contribution in [2.24, 2.45) is 0 Å². The summed E-state index contributed by atoms with van der Waals surface area (Å²) in [5.41, 5.74) is 0.752. The minimum absolute atomic E-state index is 0.296. The molecule has 1 aromatic rings. The molecule has 0 atom stereocenters. The van der Waals surface area contributed by atoms with Crippen molar-refractivity contribution < 1.29 is 14.1 Å². The SMILES string of the molecule is Cc1cc(F)cc(O[B]O)c1. The summed E-state index contributed by atoms with van der Waals surface area (Å²) in [6.45, 7) is 1.74. The standard InChI is InChI=1S/C7H7BFO2/c1-5-2-6(9)4-7(3-5)11-8-10/h2-4,10H,1H3. The fourth-order valence-electron chi connectivity index (χ4n) is 0.832. The Balaban J connectivity index is 2.89. The molecule has 4 heteroatoms. The highest BCUT2D eigenvalue weighted by Gasteiger charge is 1.98. The molecule has 2 nitrogen and oxygen atoms in total. The molecule has 0 aliphatic heterocycles. The highest BCUT2D eigenvalue weighted by Crippen LogP contribution is 2.14. The second-order valence-corrected chi connectivity index (χ2v) is 2.19. The quantitative estimate of drug-likeness (QED) is 0.643. The first-order valence-corrected chi connectivity index (χ1v) is 3.12. The first kappa shape index (κ1) is 8.08. The van der Waals surface area contributed by atoms with Crippen molar-refractivity contribution in [3.05, 3.63) is 29.6 Å². The zero-order valence-corrected chi connectivity index (χ0v) is 6.04. The van der Waals surface area contributed by atoms with Crippen LogP contribution >= 0.6 is 0 Å². The van der Waals surface area contributed by atoms with Crippen LogP contribution in [0.4, 0.5) is 4.39 Å².